The van der Waals surface area contributed by atoms with Crippen molar-refractivity contribution in [2.75, 3.05) is 25.6 Å². The Morgan fingerprint density at radius 2 is 2.33 bits per heavy atom. The van der Waals surface area contributed by atoms with E-state index < -0.39 is 0 Å². The summed E-state index contributed by atoms with van der Waals surface area (Å²) in [5.74, 6) is 0.722. The highest BCUT2D eigenvalue weighted by molar-refractivity contribution is 5.55. The molecule has 2 nitrogen and oxygen atoms in total. The van der Waals surface area contributed by atoms with Crippen LogP contribution in [0.2, 0.25) is 0 Å². The minimum atomic E-state index is 0.722. The molecule has 2 rings (SSSR count). The lowest BCUT2D eigenvalue weighted by molar-refractivity contribution is 0.178. The molecular weight excluding hydrogens is 186 g/mol. The van der Waals surface area contributed by atoms with Crippen molar-refractivity contribution in [1.82, 2.24) is 0 Å². The second kappa shape index (κ2) is 4.67. The van der Waals surface area contributed by atoms with Gasteiger partial charge in [0.05, 0.1) is 0 Å². The van der Waals surface area contributed by atoms with Crippen LogP contribution in [0.5, 0.6) is 0 Å². The Bertz CT molecular complexity index is 335. The molecule has 1 heterocycles. The molecule has 1 unspecified atom stereocenters. The quantitative estimate of drug-likeness (QED) is 0.819. The van der Waals surface area contributed by atoms with E-state index >= 15 is 0 Å². The summed E-state index contributed by atoms with van der Waals surface area (Å²) < 4.78 is 5.12. The fraction of sp³-hybridized carbons (Fsp3) is 0.538. The summed E-state index contributed by atoms with van der Waals surface area (Å²) in [7, 11) is 1.77. The van der Waals surface area contributed by atoms with Crippen LogP contribution < -0.4 is 5.32 Å². The van der Waals surface area contributed by atoms with Gasteiger partial charge in [-0.2, -0.15) is 0 Å². The van der Waals surface area contributed by atoms with Gasteiger partial charge in [-0.1, -0.05) is 12.1 Å². The summed E-state index contributed by atoms with van der Waals surface area (Å²) in [6, 6.07) is 6.68. The van der Waals surface area contributed by atoms with E-state index in [1.807, 2.05) is 0 Å². The summed E-state index contributed by atoms with van der Waals surface area (Å²) in [5, 5.41) is 3.51. The van der Waals surface area contributed by atoms with Gasteiger partial charge >= 0.3 is 0 Å². The Hall–Kier alpha value is -1.02. The molecule has 2 heteroatoms. The van der Waals surface area contributed by atoms with E-state index in [0.29, 0.717) is 0 Å². The van der Waals surface area contributed by atoms with E-state index in [-0.39, 0.29) is 0 Å². The molecule has 0 saturated carbocycles. The van der Waals surface area contributed by atoms with Gasteiger partial charge in [0.2, 0.25) is 0 Å². The molecule has 0 aliphatic carbocycles. The molecule has 1 aromatic rings. The van der Waals surface area contributed by atoms with Gasteiger partial charge in [0.25, 0.3) is 0 Å². The fourth-order valence-electron chi connectivity index (χ4n) is 2.16. The Balaban J connectivity index is 2.03. The number of fused-ring (bicyclic) bond motifs is 1. The highest BCUT2D eigenvalue weighted by Crippen LogP contribution is 2.26. The Labute approximate surface area is 91.6 Å². The van der Waals surface area contributed by atoms with Crippen molar-refractivity contribution < 1.29 is 4.74 Å². The van der Waals surface area contributed by atoms with Crippen molar-refractivity contribution in [3.63, 3.8) is 0 Å². The molecule has 0 radical (unpaired) electrons. The molecule has 1 aromatic carbocycles. The Morgan fingerprint density at radius 1 is 1.47 bits per heavy atom. The lowest BCUT2D eigenvalue weighted by Crippen LogP contribution is -2.24. The molecule has 0 bridgehead atoms. The first-order valence-electron chi connectivity index (χ1n) is 5.62. The van der Waals surface area contributed by atoms with Gasteiger partial charge in [-0.15, -0.1) is 0 Å². The molecule has 1 N–H and O–H groups in total. The fourth-order valence-corrected chi connectivity index (χ4v) is 2.16. The monoisotopic (exact) mass is 205 g/mol. The topological polar surface area (TPSA) is 21.3 Å². The summed E-state index contributed by atoms with van der Waals surface area (Å²) >= 11 is 0. The maximum Gasteiger partial charge on any atom is 0.0465 e. The summed E-state index contributed by atoms with van der Waals surface area (Å²) in [4.78, 5) is 0. The molecule has 0 saturated heterocycles. The molecule has 0 aromatic heterocycles. The summed E-state index contributed by atoms with van der Waals surface area (Å²) in [6.07, 6.45) is 2.34. The van der Waals surface area contributed by atoms with Gasteiger partial charge in [-0.25, -0.2) is 0 Å². The number of anilines is 1. The van der Waals surface area contributed by atoms with Crippen LogP contribution in [0.4, 0.5) is 5.69 Å². The molecule has 0 spiro atoms. The van der Waals surface area contributed by atoms with Crippen LogP contribution in [0.1, 0.15) is 17.5 Å². The summed E-state index contributed by atoms with van der Waals surface area (Å²) in [5.41, 5.74) is 4.10. The number of ether oxygens (including phenoxy) is 1. The third kappa shape index (κ3) is 2.51. The lowest BCUT2D eigenvalue weighted by Gasteiger charge is -2.26. The molecule has 1 atom stereocenters. The maximum atomic E-state index is 5.12. The van der Waals surface area contributed by atoms with Gasteiger partial charge in [0.1, 0.15) is 0 Å². The van der Waals surface area contributed by atoms with E-state index in [2.05, 4.69) is 30.4 Å². The van der Waals surface area contributed by atoms with Gasteiger partial charge in [-0.3, -0.25) is 0 Å². The number of rotatable bonds is 3. The van der Waals surface area contributed by atoms with Crippen LogP contribution in [0.25, 0.3) is 0 Å². The smallest absolute Gasteiger partial charge is 0.0465 e. The average Bonchev–Trinajstić information content (AvgIpc) is 2.26. The Kier molecular flexibility index (Phi) is 3.27. The van der Waals surface area contributed by atoms with E-state index in [9.17, 15) is 0 Å². The first-order valence-corrected chi connectivity index (χ1v) is 5.62. The number of nitrogens with one attached hydrogen (secondary N) is 1. The minimum absolute atomic E-state index is 0.722. The van der Waals surface area contributed by atoms with Crippen LogP contribution in [-0.4, -0.2) is 20.3 Å². The zero-order valence-corrected chi connectivity index (χ0v) is 9.55. The highest BCUT2D eigenvalue weighted by Gasteiger charge is 2.17. The zero-order valence-electron chi connectivity index (χ0n) is 9.55. The van der Waals surface area contributed by atoms with Crippen LogP contribution in [0, 0.1) is 12.8 Å². The largest absolute Gasteiger partial charge is 0.385 e. The van der Waals surface area contributed by atoms with Crippen molar-refractivity contribution >= 4 is 5.69 Å². The van der Waals surface area contributed by atoms with Gasteiger partial charge < -0.3 is 10.1 Å². The van der Waals surface area contributed by atoms with E-state index in [0.717, 1.165) is 25.5 Å². The lowest BCUT2D eigenvalue weighted by atomic mass is 9.91. The normalized spacial score (nSPS) is 19.5. The maximum absolute atomic E-state index is 5.12. The average molecular weight is 205 g/mol. The second-order valence-electron chi connectivity index (χ2n) is 4.39. The Morgan fingerprint density at radius 3 is 3.13 bits per heavy atom. The number of methoxy groups -OCH3 is 1. The van der Waals surface area contributed by atoms with Crippen molar-refractivity contribution in [3.8, 4) is 0 Å². The third-order valence-electron chi connectivity index (χ3n) is 3.09. The van der Waals surface area contributed by atoms with Crippen LogP contribution in [0.3, 0.4) is 0 Å². The number of aryl methyl sites for hydroxylation is 1. The first kappa shape index (κ1) is 10.5. The van der Waals surface area contributed by atoms with Crippen molar-refractivity contribution in [3.05, 3.63) is 29.3 Å². The SMILES string of the molecule is COCCC1CNc2cc(C)ccc2C1. The molecular formula is C13H19NO. The van der Waals surface area contributed by atoms with Gasteiger partial charge in [-0.05, 0) is 42.9 Å². The number of hydrogen-bond acceptors (Lipinski definition) is 2. The van der Waals surface area contributed by atoms with E-state index in [1.165, 1.54) is 23.2 Å². The van der Waals surface area contributed by atoms with Crippen molar-refractivity contribution in [2.24, 2.45) is 5.92 Å². The van der Waals surface area contributed by atoms with Crippen LogP contribution in [-0.2, 0) is 11.2 Å². The standard InChI is InChI=1S/C13H19NO/c1-10-3-4-12-8-11(5-6-15-2)9-14-13(12)7-10/h3-4,7,11,14H,5-6,8-9H2,1-2H3. The second-order valence-corrected chi connectivity index (χ2v) is 4.39. The first-order chi connectivity index (χ1) is 7.29. The van der Waals surface area contributed by atoms with E-state index in [1.54, 1.807) is 7.11 Å². The molecule has 0 amide bonds. The zero-order chi connectivity index (χ0) is 10.7. The van der Waals surface area contributed by atoms with Crippen molar-refractivity contribution in [1.29, 1.82) is 0 Å². The van der Waals surface area contributed by atoms with Crippen molar-refractivity contribution in [2.45, 2.75) is 19.8 Å². The van der Waals surface area contributed by atoms with E-state index in [4.69, 9.17) is 4.74 Å². The predicted molar refractivity (Wildman–Crippen MR) is 63.4 cm³/mol. The highest BCUT2D eigenvalue weighted by atomic mass is 16.5. The molecule has 15 heavy (non-hydrogen) atoms. The van der Waals surface area contributed by atoms with Crippen LogP contribution in [0.15, 0.2) is 18.2 Å². The molecule has 1 aliphatic rings. The third-order valence-corrected chi connectivity index (χ3v) is 3.09. The summed E-state index contributed by atoms with van der Waals surface area (Å²) in [6.45, 7) is 4.09. The van der Waals surface area contributed by atoms with Gasteiger partial charge in [0.15, 0.2) is 0 Å². The van der Waals surface area contributed by atoms with Gasteiger partial charge in [0, 0.05) is 25.9 Å². The molecule has 1 aliphatic heterocycles. The minimum Gasteiger partial charge on any atom is -0.385 e. The predicted octanol–water partition coefficient (Wildman–Crippen LogP) is 2.62. The number of benzene rings is 1. The molecule has 82 valence electrons. The van der Waals surface area contributed by atoms with Crippen LogP contribution >= 0.6 is 0 Å². The molecule has 0 fully saturated rings. The number of hydrogen-bond donors (Lipinski definition) is 1.